The zero-order chi connectivity index (χ0) is 3.58. The van der Waals surface area contributed by atoms with Gasteiger partial charge in [-0.15, -0.1) is 0 Å². The van der Waals surface area contributed by atoms with Crippen molar-refractivity contribution in [3.63, 3.8) is 0 Å². The molecule has 1 nitrogen and oxygen atoms in total. The second kappa shape index (κ2) is 9.50. The van der Waals surface area contributed by atoms with Gasteiger partial charge < -0.3 is 17.0 Å². The largest absolute Gasteiger partial charge is 1.00 e. The number of rotatable bonds is 0. The molecule has 34 valence electrons. The molecule has 6 heavy (non-hydrogen) atoms. The molecule has 0 fully saturated rings. The number of halogens is 1. The minimum atomic E-state index is -0.611. The van der Waals surface area contributed by atoms with Crippen LogP contribution in [0.1, 0.15) is 0 Å². The Morgan fingerprint density at radius 2 is 1.33 bits per heavy atom. The van der Waals surface area contributed by atoms with Crippen molar-refractivity contribution in [3.8, 4) is 0 Å². The maximum Gasteiger partial charge on any atom is 1.00 e. The van der Waals surface area contributed by atoms with E-state index in [4.69, 9.17) is 0 Å². The third kappa shape index (κ3) is 63.9. The minimum Gasteiger partial charge on any atom is -1.00 e. The summed E-state index contributed by atoms with van der Waals surface area (Å²) in [7, 11) is 0. The van der Waals surface area contributed by atoms with Gasteiger partial charge in [0.15, 0.2) is 0 Å². The third-order valence-electron chi connectivity index (χ3n) is 0. The average molecular weight is 121 g/mol. The van der Waals surface area contributed by atoms with Gasteiger partial charge in [0.05, 0.1) is 12.5 Å². The van der Waals surface area contributed by atoms with Crippen LogP contribution in [0.3, 0.4) is 0 Å². The smallest absolute Gasteiger partial charge is 1.00 e. The molecular weight excluding hydrogens is 114 g/mol. The maximum absolute atomic E-state index is 9.56. The van der Waals surface area contributed by atoms with Crippen molar-refractivity contribution in [3.05, 3.63) is 0 Å². The Labute approximate surface area is 59.6 Å². The molecule has 0 aromatic heterocycles. The SMILES string of the molecule is C[S+](C)[O-].[Cl-].[Li+]. The van der Waals surface area contributed by atoms with E-state index in [-0.39, 0.29) is 31.3 Å². The van der Waals surface area contributed by atoms with Gasteiger partial charge in [-0.25, -0.2) is 0 Å². The molecular formula is C2H6ClLiOS. The van der Waals surface area contributed by atoms with Crippen molar-refractivity contribution in [2.75, 3.05) is 12.5 Å². The Balaban J connectivity index is -0.0000000450. The summed E-state index contributed by atoms with van der Waals surface area (Å²) in [4.78, 5) is 0. The zero-order valence-electron chi connectivity index (χ0n) is 4.19. The predicted octanol–water partition coefficient (Wildman–Crippen LogP) is -6.00. The van der Waals surface area contributed by atoms with E-state index in [1.807, 2.05) is 0 Å². The van der Waals surface area contributed by atoms with Crippen LogP contribution < -0.4 is 31.3 Å². The van der Waals surface area contributed by atoms with Gasteiger partial charge in [0.25, 0.3) is 0 Å². The van der Waals surface area contributed by atoms with Crippen molar-refractivity contribution in [2.45, 2.75) is 0 Å². The molecule has 0 radical (unpaired) electrons. The van der Waals surface area contributed by atoms with Gasteiger partial charge in [-0.2, -0.15) is 0 Å². The van der Waals surface area contributed by atoms with E-state index in [1.165, 1.54) is 0 Å². The van der Waals surface area contributed by atoms with Crippen LogP contribution in [-0.2, 0) is 11.2 Å². The van der Waals surface area contributed by atoms with E-state index >= 15 is 0 Å². The van der Waals surface area contributed by atoms with Gasteiger partial charge in [0, 0.05) is 0 Å². The fourth-order valence-electron chi connectivity index (χ4n) is 0. The van der Waals surface area contributed by atoms with Crippen molar-refractivity contribution < 1.29 is 35.8 Å². The van der Waals surface area contributed by atoms with E-state index in [0.717, 1.165) is 0 Å². The number of hydrogen-bond acceptors (Lipinski definition) is 1. The molecule has 0 atom stereocenters. The van der Waals surface area contributed by atoms with Crippen LogP contribution in [0.2, 0.25) is 0 Å². The molecule has 0 aromatic carbocycles. The fraction of sp³-hybridized carbons (Fsp3) is 1.00. The maximum atomic E-state index is 9.56. The molecule has 0 spiro atoms. The molecule has 0 bridgehead atoms. The minimum absolute atomic E-state index is 0. The fourth-order valence-corrected chi connectivity index (χ4v) is 0. The Morgan fingerprint density at radius 3 is 1.33 bits per heavy atom. The van der Waals surface area contributed by atoms with Crippen LogP contribution in [0, 0.1) is 0 Å². The van der Waals surface area contributed by atoms with Crippen LogP contribution in [-0.4, -0.2) is 17.1 Å². The van der Waals surface area contributed by atoms with Gasteiger partial charge in [-0.05, 0) is 0 Å². The summed E-state index contributed by atoms with van der Waals surface area (Å²) in [6, 6.07) is 0. The van der Waals surface area contributed by atoms with Crippen molar-refractivity contribution in [2.24, 2.45) is 0 Å². The average Bonchev–Trinajstić information content (AvgIpc) is 0.811. The van der Waals surface area contributed by atoms with Crippen LogP contribution in [0.25, 0.3) is 0 Å². The summed E-state index contributed by atoms with van der Waals surface area (Å²) < 4.78 is 9.56. The summed E-state index contributed by atoms with van der Waals surface area (Å²) in [5.74, 6) is 0. The Morgan fingerprint density at radius 1 is 1.33 bits per heavy atom. The van der Waals surface area contributed by atoms with E-state index in [9.17, 15) is 4.55 Å². The molecule has 0 amide bonds. The van der Waals surface area contributed by atoms with Crippen LogP contribution >= 0.6 is 0 Å². The third-order valence-corrected chi connectivity index (χ3v) is 0. The first-order chi connectivity index (χ1) is 1.73. The van der Waals surface area contributed by atoms with Crippen LogP contribution in [0.5, 0.6) is 0 Å². The standard InChI is InChI=1S/C2H6OS.ClH.Li/c1-4(2)3;;/h1-2H3;1H;/q;;+1/p-1. The van der Waals surface area contributed by atoms with E-state index < -0.39 is 11.2 Å². The molecule has 0 aliphatic rings. The van der Waals surface area contributed by atoms with Crippen molar-refractivity contribution in [1.82, 2.24) is 0 Å². The Kier molecular flexibility index (Phi) is 24.8. The van der Waals surface area contributed by atoms with Crippen molar-refractivity contribution in [1.29, 1.82) is 0 Å². The summed E-state index contributed by atoms with van der Waals surface area (Å²) in [5, 5.41) is 0. The van der Waals surface area contributed by atoms with Gasteiger partial charge >= 0.3 is 18.9 Å². The summed E-state index contributed by atoms with van der Waals surface area (Å²) >= 11 is -0.611. The summed E-state index contributed by atoms with van der Waals surface area (Å²) in [5.41, 5.74) is 0. The van der Waals surface area contributed by atoms with Crippen LogP contribution in [0.15, 0.2) is 0 Å². The second-order valence-electron chi connectivity index (χ2n) is 0.742. The van der Waals surface area contributed by atoms with Gasteiger partial charge in [-0.3, -0.25) is 0 Å². The second-order valence-corrected chi connectivity index (χ2v) is 2.22. The monoisotopic (exact) mass is 120 g/mol. The van der Waals surface area contributed by atoms with Crippen molar-refractivity contribution >= 4 is 11.2 Å². The zero-order valence-corrected chi connectivity index (χ0v) is 5.77. The predicted molar refractivity (Wildman–Crippen MR) is 20.0 cm³/mol. The Hall–Kier alpha value is 1.20. The molecule has 0 aliphatic carbocycles. The summed E-state index contributed by atoms with van der Waals surface area (Å²) in [6.07, 6.45) is 3.28. The number of hydrogen-bond donors (Lipinski definition) is 0. The molecule has 0 N–H and O–H groups in total. The molecule has 4 heteroatoms. The van der Waals surface area contributed by atoms with Gasteiger partial charge in [0.1, 0.15) is 0 Å². The molecule has 0 aliphatic heterocycles. The molecule has 0 saturated heterocycles. The summed E-state index contributed by atoms with van der Waals surface area (Å²) in [6.45, 7) is 0. The van der Waals surface area contributed by atoms with Crippen LogP contribution in [0.4, 0.5) is 0 Å². The van der Waals surface area contributed by atoms with E-state index in [2.05, 4.69) is 0 Å². The first-order valence-electron chi connectivity index (χ1n) is 0.983. The normalized spacial score (nSPS) is 6.00. The van der Waals surface area contributed by atoms with E-state index in [0.29, 0.717) is 0 Å². The first-order valence-corrected chi connectivity index (χ1v) is 2.95. The molecule has 0 saturated carbocycles. The quantitative estimate of drug-likeness (QED) is 0.231. The molecule has 0 rings (SSSR count). The topological polar surface area (TPSA) is 23.1 Å². The first kappa shape index (κ1) is 15.7. The molecule has 0 heterocycles. The molecule has 0 unspecified atom stereocenters. The van der Waals surface area contributed by atoms with Gasteiger partial charge in [0.2, 0.25) is 0 Å². The van der Waals surface area contributed by atoms with E-state index in [1.54, 1.807) is 12.5 Å². The van der Waals surface area contributed by atoms with Gasteiger partial charge in [-0.1, -0.05) is 11.2 Å². The Bertz CT molecular complexity index is 18.3. The molecule has 0 aromatic rings.